The van der Waals surface area contributed by atoms with Gasteiger partial charge in [-0.05, 0) is 161 Å². The van der Waals surface area contributed by atoms with Gasteiger partial charge in [0.1, 0.15) is 11.9 Å². The molecule has 6 aliphatic carbocycles. The Balaban J connectivity index is 0.991. The van der Waals surface area contributed by atoms with E-state index in [1.165, 1.54) is 38.5 Å². The van der Waals surface area contributed by atoms with Crippen LogP contribution in [0.15, 0.2) is 36.5 Å². The zero-order valence-corrected chi connectivity index (χ0v) is 36.8. The Morgan fingerprint density at radius 1 is 0.828 bits per heavy atom. The van der Waals surface area contributed by atoms with Gasteiger partial charge in [0.25, 0.3) is 0 Å². The molecule has 1 aromatic carbocycles. The zero-order chi connectivity index (χ0) is 41.3. The van der Waals surface area contributed by atoms with Gasteiger partial charge in [-0.1, -0.05) is 71.9 Å². The first kappa shape index (κ1) is 40.3. The quantitative estimate of drug-likeness (QED) is 0.257. The highest BCUT2D eigenvalue weighted by Crippen LogP contribution is 2.79. The Bertz CT molecular complexity index is 1950. The lowest BCUT2D eigenvalue weighted by atomic mass is 9.32. The normalized spacial score (nSPS) is 41.1. The lowest BCUT2D eigenvalue weighted by Crippen LogP contribution is -2.67. The predicted molar refractivity (Wildman–Crippen MR) is 225 cm³/mol. The second-order valence-electron chi connectivity index (χ2n) is 23.1. The van der Waals surface area contributed by atoms with Crippen molar-refractivity contribution < 1.29 is 24.2 Å². The van der Waals surface area contributed by atoms with E-state index in [1.807, 2.05) is 12.3 Å². The van der Waals surface area contributed by atoms with Gasteiger partial charge in [-0.3, -0.25) is 14.4 Å². The van der Waals surface area contributed by atoms with Gasteiger partial charge in [0.05, 0.1) is 35.2 Å². The first-order valence-corrected chi connectivity index (χ1v) is 23.2. The van der Waals surface area contributed by atoms with E-state index in [0.29, 0.717) is 40.9 Å². The molecular formula is C50H71N3O5. The van der Waals surface area contributed by atoms with Crippen LogP contribution in [-0.4, -0.2) is 50.5 Å². The van der Waals surface area contributed by atoms with Crippen LogP contribution in [0.4, 0.5) is 0 Å². The van der Waals surface area contributed by atoms with Crippen molar-refractivity contribution in [2.75, 3.05) is 6.54 Å². The summed E-state index contributed by atoms with van der Waals surface area (Å²) in [5.74, 6) is 2.58. The third-order valence-electron chi connectivity index (χ3n) is 19.7. The summed E-state index contributed by atoms with van der Waals surface area (Å²) < 4.78 is 6.24. The number of ether oxygens (including phenoxy) is 1. The van der Waals surface area contributed by atoms with E-state index in [0.717, 1.165) is 75.0 Å². The molecule has 1 saturated heterocycles. The van der Waals surface area contributed by atoms with Gasteiger partial charge in [0, 0.05) is 12.0 Å². The van der Waals surface area contributed by atoms with E-state index in [1.54, 1.807) is 13.8 Å². The summed E-state index contributed by atoms with van der Waals surface area (Å²) in [7, 11) is 0. The molecule has 8 heteroatoms. The average molecular weight is 794 g/mol. The van der Waals surface area contributed by atoms with Crippen LogP contribution in [0.25, 0.3) is 11.3 Å². The average Bonchev–Trinajstić information content (AvgIpc) is 3.56. The van der Waals surface area contributed by atoms with Crippen LogP contribution in [0, 0.1) is 67.5 Å². The van der Waals surface area contributed by atoms with Crippen molar-refractivity contribution in [2.45, 2.75) is 164 Å². The summed E-state index contributed by atoms with van der Waals surface area (Å²) in [6, 6.07) is 10.4. The smallest absolute Gasteiger partial charge is 0.309 e. The number of amides is 1. The number of nitrogens with one attached hydrogen (secondary N) is 1. The number of carboxylic acids is 1. The fraction of sp³-hybridized carbons (Fsp3) is 0.760. The molecule has 58 heavy (non-hydrogen) atoms. The van der Waals surface area contributed by atoms with Gasteiger partial charge in [-0.2, -0.15) is 0 Å². The number of carboxylic acid groups (broad SMARTS) is 1. The summed E-state index contributed by atoms with van der Waals surface area (Å²) in [5, 5.41) is 9.68. The van der Waals surface area contributed by atoms with Crippen LogP contribution in [-0.2, 0) is 19.1 Å². The molecule has 1 amide bonds. The Hall–Kier alpha value is -3.16. The fourth-order valence-electron chi connectivity index (χ4n) is 16.0. The molecule has 6 saturated carbocycles. The van der Waals surface area contributed by atoms with Crippen LogP contribution < -0.4 is 0 Å². The molecule has 1 unspecified atom stereocenters. The van der Waals surface area contributed by atoms with E-state index >= 15 is 4.79 Å². The van der Waals surface area contributed by atoms with Crippen molar-refractivity contribution in [3.05, 3.63) is 42.4 Å². The largest absolute Gasteiger partial charge is 0.481 e. The number of H-pyrrole nitrogens is 1. The van der Waals surface area contributed by atoms with Crippen LogP contribution in [0.5, 0.6) is 0 Å². The Kier molecular flexibility index (Phi) is 9.31. The van der Waals surface area contributed by atoms with Gasteiger partial charge < -0.3 is 19.7 Å². The molecule has 0 radical (unpaired) electrons. The minimum atomic E-state index is -1.15. The fourth-order valence-corrected chi connectivity index (χ4v) is 16.0. The lowest BCUT2D eigenvalue weighted by Gasteiger charge is -2.73. The number of hydrogen-bond donors (Lipinski definition) is 2. The first-order valence-electron chi connectivity index (χ1n) is 23.2. The minimum Gasteiger partial charge on any atom is -0.481 e. The van der Waals surface area contributed by atoms with Crippen LogP contribution in [0.3, 0.4) is 0 Å². The number of hydrogen-bond acceptors (Lipinski definition) is 5. The number of carbonyl (C=O) groups excluding carboxylic acids is 2. The minimum absolute atomic E-state index is 0.00811. The lowest BCUT2D eigenvalue weighted by molar-refractivity contribution is -0.251. The summed E-state index contributed by atoms with van der Waals surface area (Å²) in [6.07, 6.45) is 17.1. The van der Waals surface area contributed by atoms with E-state index in [2.05, 4.69) is 75.7 Å². The van der Waals surface area contributed by atoms with E-state index in [4.69, 9.17) is 9.72 Å². The molecule has 2 aromatic rings. The highest BCUT2D eigenvalue weighted by molar-refractivity contribution is 5.85. The van der Waals surface area contributed by atoms with Crippen molar-refractivity contribution in [2.24, 2.45) is 67.5 Å². The number of aromatic amines is 1. The number of nitrogens with zero attached hydrogens (tertiary/aromatic N) is 2. The molecule has 316 valence electrons. The topological polar surface area (TPSA) is 113 Å². The Labute approximate surface area is 347 Å². The number of likely N-dealkylation sites (tertiary alicyclic amines) is 1. The maximum absolute atomic E-state index is 15.6. The number of benzene rings is 1. The predicted octanol–water partition coefficient (Wildman–Crippen LogP) is 11.0. The summed E-state index contributed by atoms with van der Waals surface area (Å²) in [6.45, 7) is 19.2. The van der Waals surface area contributed by atoms with Crippen LogP contribution >= 0.6 is 0 Å². The Morgan fingerprint density at radius 2 is 1.57 bits per heavy atom. The van der Waals surface area contributed by atoms with Gasteiger partial charge in [-0.25, -0.2) is 4.98 Å². The second kappa shape index (κ2) is 13.4. The Morgan fingerprint density at radius 3 is 2.28 bits per heavy atom. The molecule has 0 bridgehead atoms. The second-order valence-corrected chi connectivity index (χ2v) is 23.1. The van der Waals surface area contributed by atoms with Crippen molar-refractivity contribution in [1.82, 2.24) is 14.9 Å². The third-order valence-corrected chi connectivity index (χ3v) is 19.7. The molecule has 7 aliphatic rings. The van der Waals surface area contributed by atoms with Crippen LogP contribution in [0.1, 0.15) is 164 Å². The van der Waals surface area contributed by atoms with E-state index < -0.39 is 11.4 Å². The number of carbonyl (C=O) groups is 3. The maximum atomic E-state index is 15.6. The number of aromatic nitrogens is 2. The number of imidazole rings is 1. The summed E-state index contributed by atoms with van der Waals surface area (Å²) >= 11 is 0. The summed E-state index contributed by atoms with van der Waals surface area (Å²) in [5.41, 5.74) is 1.31. The molecule has 1 aromatic heterocycles. The number of rotatable bonds is 8. The number of aliphatic carboxylic acids is 1. The summed E-state index contributed by atoms with van der Waals surface area (Å²) in [4.78, 5) is 51.5. The standard InChI is InChI=1S/C50H71N3O5/c1-44(2,43(56)57)29-39(54)58-38-20-21-47(6)36(45(38,3)4)19-22-49(8)37(47)17-16-33-40-32(46(5)24-25-46)18-23-50(40,27-26-48(33,49)7)42(55)53-28-12-15-35(53)41-51-30-34(52-41)31-13-10-9-11-14-31/h9-11,13-14,30,32-33,35-38,40H,12,15-29H2,1-8H3,(H,51,52)(H,56,57)/t32?,33-,35+,36+,37-,38+,40-,47+,48-,49-,50+/m1/s1. The molecule has 0 spiro atoms. The van der Waals surface area contributed by atoms with Crippen molar-refractivity contribution in [3.8, 4) is 11.3 Å². The number of fused-ring (bicyclic) bond motifs is 7. The zero-order valence-electron chi connectivity index (χ0n) is 36.8. The monoisotopic (exact) mass is 794 g/mol. The highest BCUT2D eigenvalue weighted by atomic mass is 16.5. The maximum Gasteiger partial charge on any atom is 0.309 e. The van der Waals surface area contributed by atoms with Crippen molar-refractivity contribution in [1.29, 1.82) is 0 Å². The first-order chi connectivity index (χ1) is 27.3. The molecule has 11 atom stereocenters. The third kappa shape index (κ3) is 5.77. The van der Waals surface area contributed by atoms with Gasteiger partial charge in [0.15, 0.2) is 0 Å². The molecular weight excluding hydrogens is 723 g/mol. The molecule has 2 heterocycles. The highest BCUT2D eigenvalue weighted by Gasteiger charge is 2.74. The molecule has 2 N–H and O–H groups in total. The van der Waals surface area contributed by atoms with Crippen molar-refractivity contribution >= 4 is 17.8 Å². The van der Waals surface area contributed by atoms with E-state index in [-0.39, 0.29) is 51.6 Å². The van der Waals surface area contributed by atoms with E-state index in [9.17, 15) is 14.7 Å². The van der Waals surface area contributed by atoms with Gasteiger partial charge in [-0.15, -0.1) is 0 Å². The molecule has 9 rings (SSSR count). The van der Waals surface area contributed by atoms with Gasteiger partial charge in [0.2, 0.25) is 5.91 Å². The molecule has 1 aliphatic heterocycles. The van der Waals surface area contributed by atoms with Gasteiger partial charge >= 0.3 is 11.9 Å². The SMILES string of the molecule is CC(C)(CC(=O)O[C@H]1CC[C@]2(C)[C@H]3CC[C@@H]4[C@H]5C(C6(C)CC6)CC[C@]5(C(=O)N5CCC[C@H]5c5ncc(-c6ccccc6)[nH]5)CC[C@@]4(C)[C@]3(C)CC[C@H]2C1(C)C)C(=O)O. The van der Waals surface area contributed by atoms with Crippen molar-refractivity contribution in [3.63, 3.8) is 0 Å². The molecule has 7 fully saturated rings. The van der Waals surface area contributed by atoms with Crippen LogP contribution in [0.2, 0.25) is 0 Å². The number of esters is 1. The molecule has 8 nitrogen and oxygen atoms in total.